The van der Waals surface area contributed by atoms with Crippen molar-refractivity contribution in [1.82, 2.24) is 10.2 Å². The van der Waals surface area contributed by atoms with Crippen molar-refractivity contribution in [2.75, 3.05) is 13.1 Å². The molecule has 0 aromatic rings. The van der Waals surface area contributed by atoms with Crippen LogP contribution < -0.4 is 5.32 Å². The topological polar surface area (TPSA) is 71.0 Å². The third kappa shape index (κ3) is 4.42. The summed E-state index contributed by atoms with van der Waals surface area (Å²) in [6.07, 6.45) is 0.221. The van der Waals surface area contributed by atoms with E-state index in [0.29, 0.717) is 13.1 Å². The molecule has 1 aliphatic rings. The highest BCUT2D eigenvalue weighted by molar-refractivity contribution is 5.81. The van der Waals surface area contributed by atoms with E-state index >= 15 is 0 Å². The van der Waals surface area contributed by atoms with E-state index in [1.54, 1.807) is 0 Å². The Morgan fingerprint density at radius 3 is 2.65 bits per heavy atom. The lowest BCUT2D eigenvalue weighted by molar-refractivity contribution is -0.135. The molecule has 0 aromatic heterocycles. The molecule has 1 heterocycles. The van der Waals surface area contributed by atoms with Gasteiger partial charge in [-0.3, -0.25) is 9.79 Å². The number of nitrogens with one attached hydrogen (secondary N) is 1. The molecule has 0 aliphatic carbocycles. The number of amides is 2. The van der Waals surface area contributed by atoms with Gasteiger partial charge in [0.05, 0.1) is 12.8 Å². The first kappa shape index (κ1) is 13.5. The Bertz CT molecular complexity index is 333. The molecule has 6 heteroatoms. The van der Waals surface area contributed by atoms with Gasteiger partial charge in [-0.05, 0) is 20.8 Å². The lowest BCUT2D eigenvalue weighted by Gasteiger charge is -2.31. The number of carbonyl (C=O) groups is 2. The first-order valence-electron chi connectivity index (χ1n) is 5.55. The Balaban J connectivity index is 2.59. The molecule has 1 rings (SSSR count). The van der Waals surface area contributed by atoms with Crippen molar-refractivity contribution in [2.24, 2.45) is 4.99 Å². The molecule has 0 fully saturated rings. The maximum absolute atomic E-state index is 11.6. The normalized spacial score (nSPS) is 20.0. The molecular formula is C11H19N3O3. The number of rotatable bonds is 1. The smallest absolute Gasteiger partial charge is 0.409 e. The lowest BCUT2D eigenvalue weighted by Crippen LogP contribution is -2.50. The van der Waals surface area contributed by atoms with E-state index in [2.05, 4.69) is 10.3 Å². The van der Waals surface area contributed by atoms with Crippen molar-refractivity contribution in [3.05, 3.63) is 0 Å². The molecule has 17 heavy (non-hydrogen) atoms. The molecule has 1 unspecified atom stereocenters. The van der Waals surface area contributed by atoms with Gasteiger partial charge in [-0.15, -0.1) is 0 Å². The first-order valence-corrected chi connectivity index (χ1v) is 5.55. The molecule has 0 bridgehead atoms. The van der Waals surface area contributed by atoms with Crippen LogP contribution in [0.3, 0.4) is 0 Å². The van der Waals surface area contributed by atoms with Crippen molar-refractivity contribution < 1.29 is 14.3 Å². The summed E-state index contributed by atoms with van der Waals surface area (Å²) >= 11 is 0. The summed E-state index contributed by atoms with van der Waals surface area (Å²) in [4.78, 5) is 28.4. The number of aliphatic imine (C=N–C) groups is 1. The Kier molecular flexibility index (Phi) is 4.09. The van der Waals surface area contributed by atoms with Crippen LogP contribution in [-0.4, -0.2) is 48.0 Å². The average molecular weight is 241 g/mol. The minimum atomic E-state index is -0.705. The van der Waals surface area contributed by atoms with Gasteiger partial charge in [0.15, 0.2) is 0 Å². The maximum atomic E-state index is 11.6. The summed E-state index contributed by atoms with van der Waals surface area (Å²) < 4.78 is 5.15. The van der Waals surface area contributed by atoms with Gasteiger partial charge >= 0.3 is 6.09 Å². The molecule has 2 amide bonds. The Morgan fingerprint density at radius 2 is 2.12 bits per heavy atom. The molecule has 96 valence electrons. The Labute approximate surface area is 101 Å². The van der Waals surface area contributed by atoms with Crippen LogP contribution in [0, 0.1) is 0 Å². The fourth-order valence-electron chi connectivity index (χ4n) is 1.41. The van der Waals surface area contributed by atoms with E-state index in [0.717, 1.165) is 0 Å². The molecule has 0 saturated heterocycles. The summed E-state index contributed by atoms with van der Waals surface area (Å²) in [6.45, 7) is 8.01. The van der Waals surface area contributed by atoms with Gasteiger partial charge < -0.3 is 15.0 Å². The minimum Gasteiger partial charge on any atom is -0.420 e. The number of alkyl carbamates (subject to hydrolysis) is 1. The zero-order valence-electron chi connectivity index (χ0n) is 10.7. The molecule has 0 saturated carbocycles. The second-order valence-electron chi connectivity index (χ2n) is 4.94. The van der Waals surface area contributed by atoms with Crippen LogP contribution >= 0.6 is 0 Å². The third-order valence-electron chi connectivity index (χ3n) is 2.12. The summed E-state index contributed by atoms with van der Waals surface area (Å²) in [5.74, 6) is -0.135. The van der Waals surface area contributed by atoms with E-state index in [-0.39, 0.29) is 11.4 Å². The number of hydrogen-bond acceptors (Lipinski definition) is 4. The van der Waals surface area contributed by atoms with Crippen LogP contribution in [0.4, 0.5) is 4.79 Å². The number of hydrogen-bond donors (Lipinski definition) is 1. The average Bonchev–Trinajstić information content (AvgIpc) is 2.14. The summed E-state index contributed by atoms with van der Waals surface area (Å²) in [5.41, 5.74) is -0.371. The van der Waals surface area contributed by atoms with Gasteiger partial charge in [-0.25, -0.2) is 4.79 Å². The van der Waals surface area contributed by atoms with E-state index in [1.807, 2.05) is 20.8 Å². The van der Waals surface area contributed by atoms with Gasteiger partial charge in [0.25, 0.3) is 0 Å². The fourth-order valence-corrected chi connectivity index (χ4v) is 1.41. The molecule has 0 aromatic carbocycles. The lowest BCUT2D eigenvalue weighted by atomic mass is 10.1. The predicted molar refractivity (Wildman–Crippen MR) is 63.9 cm³/mol. The molecular weight excluding hydrogens is 222 g/mol. The highest BCUT2D eigenvalue weighted by atomic mass is 16.6. The second kappa shape index (κ2) is 5.16. The van der Waals surface area contributed by atoms with Crippen molar-refractivity contribution >= 4 is 18.2 Å². The van der Waals surface area contributed by atoms with Crippen molar-refractivity contribution in [1.29, 1.82) is 0 Å². The molecule has 0 radical (unpaired) electrons. The van der Waals surface area contributed by atoms with E-state index in [4.69, 9.17) is 4.74 Å². The van der Waals surface area contributed by atoms with Crippen LogP contribution in [-0.2, 0) is 9.53 Å². The molecule has 1 atom stereocenters. The van der Waals surface area contributed by atoms with E-state index < -0.39 is 12.3 Å². The number of nitrogens with zero attached hydrogens (tertiary/aromatic N) is 2. The molecule has 1 aliphatic heterocycles. The van der Waals surface area contributed by atoms with Gasteiger partial charge in [0, 0.05) is 19.0 Å². The monoisotopic (exact) mass is 241 g/mol. The van der Waals surface area contributed by atoms with Crippen molar-refractivity contribution in [3.63, 3.8) is 0 Å². The van der Waals surface area contributed by atoms with Crippen LogP contribution in [0.15, 0.2) is 4.99 Å². The molecule has 0 spiro atoms. The summed E-state index contributed by atoms with van der Waals surface area (Å²) in [5, 5.41) is 2.67. The summed E-state index contributed by atoms with van der Waals surface area (Å²) in [7, 11) is 0. The quantitative estimate of drug-likeness (QED) is 0.737. The van der Waals surface area contributed by atoms with Crippen LogP contribution in [0.5, 0.6) is 0 Å². The fraction of sp³-hybridized carbons (Fsp3) is 0.727. The highest BCUT2D eigenvalue weighted by Gasteiger charge is 2.26. The van der Waals surface area contributed by atoms with E-state index in [1.165, 1.54) is 18.0 Å². The minimum absolute atomic E-state index is 0.135. The van der Waals surface area contributed by atoms with Crippen LogP contribution in [0.1, 0.15) is 27.7 Å². The summed E-state index contributed by atoms with van der Waals surface area (Å²) in [6, 6.07) is 0. The highest BCUT2D eigenvalue weighted by Crippen LogP contribution is 2.07. The molecule has 1 N–H and O–H groups in total. The van der Waals surface area contributed by atoms with Crippen molar-refractivity contribution in [2.45, 2.75) is 39.5 Å². The number of ether oxygens (including phenoxy) is 1. The van der Waals surface area contributed by atoms with Gasteiger partial charge in [-0.1, -0.05) is 0 Å². The Morgan fingerprint density at radius 1 is 1.47 bits per heavy atom. The molecule has 6 nitrogen and oxygen atoms in total. The van der Waals surface area contributed by atoms with Gasteiger partial charge in [0.1, 0.15) is 0 Å². The zero-order chi connectivity index (χ0) is 13.1. The Hall–Kier alpha value is -1.59. The van der Waals surface area contributed by atoms with Crippen molar-refractivity contribution in [3.8, 4) is 0 Å². The van der Waals surface area contributed by atoms with Gasteiger partial charge in [-0.2, -0.15) is 0 Å². The third-order valence-corrected chi connectivity index (χ3v) is 2.12. The second-order valence-corrected chi connectivity index (χ2v) is 4.94. The standard InChI is InChI=1S/C11H19N3O3/c1-8(15)14-6-5-12-7-9(14)17-10(16)13-11(2,3)4/h7,9H,5-6H2,1-4H3,(H,13,16). The van der Waals surface area contributed by atoms with Crippen LogP contribution in [0.2, 0.25) is 0 Å². The largest absolute Gasteiger partial charge is 0.420 e. The number of carbonyl (C=O) groups excluding carboxylic acids is 2. The SMILES string of the molecule is CC(=O)N1CCN=CC1OC(=O)NC(C)(C)C. The van der Waals surface area contributed by atoms with Gasteiger partial charge in [0.2, 0.25) is 12.1 Å². The maximum Gasteiger partial charge on any atom is 0.409 e. The van der Waals surface area contributed by atoms with E-state index in [9.17, 15) is 9.59 Å². The zero-order valence-corrected chi connectivity index (χ0v) is 10.7. The predicted octanol–water partition coefficient (Wildman–Crippen LogP) is 0.770. The first-order chi connectivity index (χ1) is 7.79. The van der Waals surface area contributed by atoms with Crippen LogP contribution in [0.25, 0.3) is 0 Å².